The lowest BCUT2D eigenvalue weighted by Crippen LogP contribution is -2.46. The number of thioether (sulfide) groups is 1. The summed E-state index contributed by atoms with van der Waals surface area (Å²) < 4.78 is 10.3. The van der Waals surface area contributed by atoms with Gasteiger partial charge in [-0.3, -0.25) is 9.59 Å². The number of carbonyl (C=O) groups excluding carboxylic acids is 3. The summed E-state index contributed by atoms with van der Waals surface area (Å²) in [4.78, 5) is 36.8. The molecule has 1 aromatic rings. The molecular weight excluding hydrogens is 292 g/mol. The van der Waals surface area contributed by atoms with Crippen LogP contribution in [0.2, 0.25) is 0 Å². The molecule has 1 atom stereocenters. The second kappa shape index (κ2) is 4.73. The van der Waals surface area contributed by atoms with Gasteiger partial charge in [-0.2, -0.15) is 0 Å². The van der Waals surface area contributed by atoms with E-state index in [1.165, 1.54) is 18.9 Å². The summed E-state index contributed by atoms with van der Waals surface area (Å²) in [5.74, 6) is -1.64. The smallest absolute Gasteiger partial charge is 0.350 e. The Morgan fingerprint density at radius 2 is 1.90 bits per heavy atom. The van der Waals surface area contributed by atoms with Gasteiger partial charge in [0.2, 0.25) is 11.4 Å². The molecule has 1 aromatic carbocycles. The number of allylic oxidation sites excluding steroid dienone is 1. The van der Waals surface area contributed by atoms with E-state index < -0.39 is 23.1 Å². The Morgan fingerprint density at radius 1 is 1.24 bits per heavy atom. The van der Waals surface area contributed by atoms with Crippen molar-refractivity contribution in [1.82, 2.24) is 0 Å². The number of Topliss-reactive ketones (excluding diaryl/α,β-unsaturated/α-hetero) is 2. The molecule has 21 heavy (non-hydrogen) atoms. The van der Waals surface area contributed by atoms with Gasteiger partial charge in [-0.15, -0.1) is 11.8 Å². The summed E-state index contributed by atoms with van der Waals surface area (Å²) in [6.45, 7) is 1.55. The average molecular weight is 304 g/mol. The number of methoxy groups -OCH3 is 1. The lowest BCUT2D eigenvalue weighted by molar-refractivity contribution is -0.160. The van der Waals surface area contributed by atoms with Crippen molar-refractivity contribution in [2.24, 2.45) is 0 Å². The number of carbonyl (C=O) groups is 3. The van der Waals surface area contributed by atoms with Crippen molar-refractivity contribution >= 4 is 34.2 Å². The highest BCUT2D eigenvalue weighted by Gasteiger charge is 2.47. The Hall–Kier alpha value is -2.08. The van der Waals surface area contributed by atoms with Crippen LogP contribution in [-0.4, -0.2) is 36.0 Å². The Morgan fingerprint density at radius 3 is 2.57 bits per heavy atom. The molecule has 6 heteroatoms. The second-order valence-electron chi connectivity index (χ2n) is 4.98. The third kappa shape index (κ3) is 1.98. The van der Waals surface area contributed by atoms with Crippen LogP contribution in [0.25, 0.3) is 4.91 Å². The van der Waals surface area contributed by atoms with Gasteiger partial charge in [0.1, 0.15) is 0 Å². The Kier molecular flexibility index (Phi) is 3.13. The monoisotopic (exact) mass is 304 g/mol. The molecule has 2 aliphatic rings. The van der Waals surface area contributed by atoms with Crippen molar-refractivity contribution in [3.63, 3.8) is 0 Å². The van der Waals surface area contributed by atoms with E-state index >= 15 is 0 Å². The minimum absolute atomic E-state index is 0.0529. The van der Waals surface area contributed by atoms with Crippen LogP contribution in [0.4, 0.5) is 0 Å². The lowest BCUT2D eigenvalue weighted by Gasteiger charge is -2.35. The summed E-state index contributed by atoms with van der Waals surface area (Å²) in [7, 11) is 1.26. The van der Waals surface area contributed by atoms with Gasteiger partial charge in [-0.05, 0) is 6.92 Å². The van der Waals surface area contributed by atoms with Crippen molar-refractivity contribution in [1.29, 1.82) is 0 Å². The maximum Gasteiger partial charge on any atom is 0.350 e. The fourth-order valence-electron chi connectivity index (χ4n) is 2.35. The van der Waals surface area contributed by atoms with Crippen LogP contribution in [0.1, 0.15) is 22.8 Å². The number of rotatable bonds is 1. The molecule has 0 radical (unpaired) electrons. The van der Waals surface area contributed by atoms with Crippen LogP contribution in [0.15, 0.2) is 30.0 Å². The molecule has 1 aliphatic carbocycles. The largest absolute Gasteiger partial charge is 0.469 e. The highest BCUT2D eigenvalue weighted by atomic mass is 32.2. The molecule has 0 aromatic heterocycles. The molecule has 0 fully saturated rings. The first-order chi connectivity index (χ1) is 9.98. The van der Waals surface area contributed by atoms with Gasteiger partial charge < -0.3 is 9.47 Å². The minimum Gasteiger partial charge on any atom is -0.469 e. The van der Waals surface area contributed by atoms with Gasteiger partial charge >= 0.3 is 5.97 Å². The molecule has 108 valence electrons. The van der Waals surface area contributed by atoms with Crippen molar-refractivity contribution < 1.29 is 23.9 Å². The summed E-state index contributed by atoms with van der Waals surface area (Å²) in [5, 5.41) is 0. The predicted molar refractivity (Wildman–Crippen MR) is 76.7 cm³/mol. The van der Waals surface area contributed by atoms with Gasteiger partial charge in [0.05, 0.1) is 12.0 Å². The standard InChI is InChI=1S/C15H12O5S/c1-15(14(18)19-2)7-21-13-9-6-4-3-5-8(9)10(16)11(17)12(13)20-15/h3-6H,7H2,1-2H3. The van der Waals surface area contributed by atoms with E-state index in [9.17, 15) is 14.4 Å². The minimum atomic E-state index is -1.26. The zero-order valence-electron chi connectivity index (χ0n) is 11.5. The molecular formula is C15H12O5S. The van der Waals surface area contributed by atoms with E-state index in [0.29, 0.717) is 21.8 Å². The molecule has 0 saturated carbocycles. The predicted octanol–water partition coefficient (Wildman–Crippen LogP) is 1.82. The van der Waals surface area contributed by atoms with E-state index in [-0.39, 0.29) is 5.76 Å². The van der Waals surface area contributed by atoms with E-state index in [4.69, 9.17) is 9.47 Å². The highest BCUT2D eigenvalue weighted by molar-refractivity contribution is 8.08. The third-order valence-corrected chi connectivity index (χ3v) is 4.86. The van der Waals surface area contributed by atoms with Crippen LogP contribution in [0, 0.1) is 0 Å². The van der Waals surface area contributed by atoms with E-state index in [1.54, 1.807) is 31.2 Å². The van der Waals surface area contributed by atoms with Gasteiger partial charge in [0.25, 0.3) is 5.78 Å². The molecule has 1 heterocycles. The van der Waals surface area contributed by atoms with Gasteiger partial charge in [0, 0.05) is 16.9 Å². The molecule has 0 bridgehead atoms. The molecule has 0 saturated heterocycles. The molecule has 1 unspecified atom stereocenters. The van der Waals surface area contributed by atoms with E-state index in [0.717, 1.165) is 0 Å². The zero-order valence-corrected chi connectivity index (χ0v) is 12.3. The molecule has 0 spiro atoms. The lowest BCUT2D eigenvalue weighted by atomic mass is 9.93. The number of hydrogen-bond donors (Lipinski definition) is 0. The quantitative estimate of drug-likeness (QED) is 0.582. The van der Waals surface area contributed by atoms with E-state index in [1.807, 2.05) is 0 Å². The number of ketones is 2. The number of esters is 1. The molecule has 0 amide bonds. The van der Waals surface area contributed by atoms with Crippen molar-refractivity contribution in [2.45, 2.75) is 12.5 Å². The second-order valence-corrected chi connectivity index (χ2v) is 5.96. The summed E-state index contributed by atoms with van der Waals surface area (Å²) in [6, 6.07) is 6.89. The molecule has 0 N–H and O–H groups in total. The van der Waals surface area contributed by atoms with Crippen molar-refractivity contribution in [3.8, 4) is 0 Å². The van der Waals surface area contributed by atoms with Crippen LogP contribution in [-0.2, 0) is 19.1 Å². The maximum absolute atomic E-state index is 12.2. The maximum atomic E-state index is 12.2. The van der Waals surface area contributed by atoms with Crippen LogP contribution < -0.4 is 0 Å². The first-order valence-electron chi connectivity index (χ1n) is 6.31. The van der Waals surface area contributed by atoms with Gasteiger partial charge in [-0.1, -0.05) is 24.3 Å². The molecule has 5 nitrogen and oxygen atoms in total. The molecule has 1 aliphatic heterocycles. The van der Waals surface area contributed by atoms with Crippen molar-refractivity contribution in [2.75, 3.05) is 12.9 Å². The van der Waals surface area contributed by atoms with Crippen LogP contribution in [0.3, 0.4) is 0 Å². The first kappa shape index (κ1) is 13.9. The topological polar surface area (TPSA) is 69.7 Å². The number of hydrogen-bond acceptors (Lipinski definition) is 6. The number of ether oxygens (including phenoxy) is 2. The van der Waals surface area contributed by atoms with Gasteiger partial charge in [0.15, 0.2) is 5.76 Å². The molecule has 3 rings (SSSR count). The Bertz CT molecular complexity index is 706. The highest BCUT2D eigenvalue weighted by Crippen LogP contribution is 2.45. The first-order valence-corrected chi connectivity index (χ1v) is 7.29. The Balaban J connectivity index is 2.12. The fourth-order valence-corrected chi connectivity index (χ4v) is 3.54. The summed E-state index contributed by atoms with van der Waals surface area (Å²) >= 11 is 1.33. The van der Waals surface area contributed by atoms with Gasteiger partial charge in [-0.25, -0.2) is 4.79 Å². The zero-order chi connectivity index (χ0) is 15.2. The van der Waals surface area contributed by atoms with E-state index in [2.05, 4.69) is 0 Å². The number of benzene rings is 1. The third-order valence-electron chi connectivity index (χ3n) is 3.47. The van der Waals surface area contributed by atoms with Crippen LogP contribution >= 0.6 is 11.8 Å². The summed E-state index contributed by atoms with van der Waals surface area (Å²) in [6.07, 6.45) is 0. The summed E-state index contributed by atoms with van der Waals surface area (Å²) in [5.41, 5.74) is -0.214. The number of fused-ring (bicyclic) bond motifs is 2. The average Bonchev–Trinajstić information content (AvgIpc) is 2.51. The fraction of sp³-hybridized carbons (Fsp3) is 0.267. The Labute approximate surface area is 125 Å². The van der Waals surface area contributed by atoms with Crippen LogP contribution in [0.5, 0.6) is 0 Å². The normalized spacial score (nSPS) is 24.1. The SMILES string of the molecule is COC(=O)C1(C)CSC2=C(O1)C(=O)C(=O)c1ccccc12. The van der Waals surface area contributed by atoms with Crippen molar-refractivity contribution in [3.05, 3.63) is 41.2 Å².